The van der Waals surface area contributed by atoms with Crippen molar-refractivity contribution in [2.75, 3.05) is 18.6 Å². The van der Waals surface area contributed by atoms with E-state index in [4.69, 9.17) is 16.0 Å². The number of carbonyl (C=O) groups is 1. The molecule has 2 unspecified atom stereocenters. The van der Waals surface area contributed by atoms with Gasteiger partial charge in [0.2, 0.25) is 5.91 Å². The Morgan fingerprint density at radius 3 is 2.84 bits per heavy atom. The molecule has 32 heavy (non-hydrogen) atoms. The molecule has 3 aromatic rings. The van der Waals surface area contributed by atoms with Gasteiger partial charge in [0.05, 0.1) is 40.5 Å². The highest BCUT2D eigenvalue weighted by molar-refractivity contribution is 8.00. The lowest BCUT2D eigenvalue weighted by Gasteiger charge is -2.26. The monoisotopic (exact) mass is 495 g/mol. The lowest BCUT2D eigenvalue weighted by Crippen LogP contribution is -2.42. The van der Waals surface area contributed by atoms with Crippen molar-refractivity contribution >= 4 is 50.0 Å². The highest BCUT2D eigenvalue weighted by Crippen LogP contribution is 2.27. The first-order chi connectivity index (χ1) is 15.1. The largest absolute Gasteiger partial charge is 0.467 e. The minimum atomic E-state index is -3.11. The van der Waals surface area contributed by atoms with E-state index in [1.807, 2.05) is 0 Å². The highest BCUT2D eigenvalue weighted by atomic mass is 35.5. The molecule has 0 radical (unpaired) electrons. The molecule has 1 aliphatic rings. The average molecular weight is 496 g/mol. The van der Waals surface area contributed by atoms with Crippen LogP contribution in [0.4, 0.5) is 0 Å². The lowest BCUT2D eigenvalue weighted by molar-refractivity contribution is -0.130. The van der Waals surface area contributed by atoms with E-state index in [9.17, 15) is 18.0 Å². The molecule has 1 amide bonds. The number of fused-ring (bicyclic) bond motifs is 1. The summed E-state index contributed by atoms with van der Waals surface area (Å²) >= 11 is 7.24. The van der Waals surface area contributed by atoms with E-state index < -0.39 is 15.1 Å². The van der Waals surface area contributed by atoms with Crippen molar-refractivity contribution in [1.29, 1.82) is 0 Å². The number of amides is 1. The Morgan fingerprint density at radius 1 is 1.41 bits per heavy atom. The smallest absolute Gasteiger partial charge is 0.262 e. The number of benzene rings is 1. The minimum Gasteiger partial charge on any atom is -0.467 e. The zero-order valence-electron chi connectivity index (χ0n) is 17.5. The van der Waals surface area contributed by atoms with E-state index in [-0.39, 0.29) is 35.6 Å². The van der Waals surface area contributed by atoms with E-state index in [2.05, 4.69) is 4.98 Å². The molecule has 4 rings (SSSR count). The fourth-order valence-electron chi connectivity index (χ4n) is 3.72. The van der Waals surface area contributed by atoms with Gasteiger partial charge in [-0.2, -0.15) is 0 Å². The predicted octanol–water partition coefficient (Wildman–Crippen LogP) is 2.82. The van der Waals surface area contributed by atoms with Gasteiger partial charge in [0.25, 0.3) is 5.56 Å². The van der Waals surface area contributed by atoms with Gasteiger partial charge in [-0.05, 0) is 43.7 Å². The first-order valence-electron chi connectivity index (χ1n) is 10.0. The molecule has 11 heteroatoms. The summed E-state index contributed by atoms with van der Waals surface area (Å²) in [6.45, 7) is 1.88. The quantitative estimate of drug-likeness (QED) is 0.382. The van der Waals surface area contributed by atoms with Gasteiger partial charge in [0.1, 0.15) is 5.76 Å². The number of hydrogen-bond acceptors (Lipinski definition) is 7. The van der Waals surface area contributed by atoms with Crippen molar-refractivity contribution in [1.82, 2.24) is 14.5 Å². The van der Waals surface area contributed by atoms with Gasteiger partial charge in [0, 0.05) is 18.1 Å². The van der Waals surface area contributed by atoms with Gasteiger partial charge in [-0.25, -0.2) is 13.4 Å². The van der Waals surface area contributed by atoms with Crippen LogP contribution >= 0.6 is 23.4 Å². The van der Waals surface area contributed by atoms with Crippen LogP contribution in [0.1, 0.15) is 19.1 Å². The number of sulfone groups is 1. The topological polar surface area (TPSA) is 102 Å². The van der Waals surface area contributed by atoms with Gasteiger partial charge in [-0.15, -0.1) is 0 Å². The van der Waals surface area contributed by atoms with E-state index in [0.717, 1.165) is 11.8 Å². The second-order valence-electron chi connectivity index (χ2n) is 7.79. The second kappa shape index (κ2) is 8.92. The summed E-state index contributed by atoms with van der Waals surface area (Å²) in [6.07, 6.45) is 1.95. The molecule has 2 aromatic heterocycles. The number of furan rings is 1. The van der Waals surface area contributed by atoms with Crippen LogP contribution in [0.25, 0.3) is 10.9 Å². The summed E-state index contributed by atoms with van der Waals surface area (Å²) in [4.78, 5) is 32.4. The van der Waals surface area contributed by atoms with Gasteiger partial charge >= 0.3 is 0 Å². The third-order valence-electron chi connectivity index (χ3n) is 5.51. The van der Waals surface area contributed by atoms with Crippen LogP contribution in [0.3, 0.4) is 0 Å². The van der Waals surface area contributed by atoms with Gasteiger partial charge in [-0.3, -0.25) is 14.2 Å². The molecule has 0 spiro atoms. The van der Waals surface area contributed by atoms with E-state index in [1.165, 1.54) is 15.7 Å². The summed E-state index contributed by atoms with van der Waals surface area (Å²) in [6, 6.07) is 8.02. The molecule has 1 fully saturated rings. The minimum absolute atomic E-state index is 0.0252. The maximum atomic E-state index is 13.2. The molecule has 1 aromatic carbocycles. The average Bonchev–Trinajstić information content (AvgIpc) is 3.38. The van der Waals surface area contributed by atoms with Crippen molar-refractivity contribution in [2.24, 2.45) is 0 Å². The summed E-state index contributed by atoms with van der Waals surface area (Å²) in [5.41, 5.74) is 0.177. The van der Waals surface area contributed by atoms with Crippen LogP contribution < -0.4 is 5.56 Å². The number of rotatable bonds is 6. The SMILES string of the molecule is CC(Sc1nc2cc(Cl)ccc2c(=O)n1Cc1ccco1)C(=O)N(C)C1CCS(=O)(=O)C1. The van der Waals surface area contributed by atoms with Crippen molar-refractivity contribution in [3.8, 4) is 0 Å². The summed E-state index contributed by atoms with van der Waals surface area (Å²) in [5.74, 6) is 0.424. The molecule has 0 aliphatic carbocycles. The normalized spacial score (nSPS) is 18.7. The maximum Gasteiger partial charge on any atom is 0.262 e. The zero-order valence-corrected chi connectivity index (χ0v) is 19.9. The Bertz CT molecular complexity index is 1320. The molecule has 2 atom stereocenters. The molecular formula is C21H22ClN3O5S2. The first kappa shape index (κ1) is 22.9. The molecule has 0 N–H and O–H groups in total. The molecule has 0 saturated carbocycles. The highest BCUT2D eigenvalue weighted by Gasteiger charge is 2.34. The Kier molecular flexibility index (Phi) is 6.37. The predicted molar refractivity (Wildman–Crippen MR) is 124 cm³/mol. The van der Waals surface area contributed by atoms with Gasteiger partial charge in [0.15, 0.2) is 15.0 Å². The number of nitrogens with zero attached hydrogens (tertiary/aromatic N) is 3. The van der Waals surface area contributed by atoms with E-state index in [0.29, 0.717) is 33.3 Å². The second-order valence-corrected chi connectivity index (χ2v) is 11.8. The summed E-state index contributed by atoms with van der Waals surface area (Å²) < 4.78 is 30.5. The fraction of sp³-hybridized carbons (Fsp3) is 0.381. The van der Waals surface area contributed by atoms with E-state index >= 15 is 0 Å². The number of halogens is 1. The molecule has 8 nitrogen and oxygen atoms in total. The van der Waals surface area contributed by atoms with Crippen LogP contribution in [0.5, 0.6) is 0 Å². The van der Waals surface area contributed by atoms with Gasteiger partial charge < -0.3 is 9.32 Å². The first-order valence-corrected chi connectivity index (χ1v) is 13.1. The molecule has 3 heterocycles. The van der Waals surface area contributed by atoms with Crippen molar-refractivity contribution < 1.29 is 17.6 Å². The van der Waals surface area contributed by atoms with Crippen molar-refractivity contribution in [2.45, 2.75) is 36.3 Å². The number of carbonyl (C=O) groups excluding carboxylic acids is 1. The number of aromatic nitrogens is 2. The van der Waals surface area contributed by atoms with Gasteiger partial charge in [-0.1, -0.05) is 23.4 Å². The third-order valence-corrected chi connectivity index (χ3v) is 8.57. The van der Waals surface area contributed by atoms with Crippen LogP contribution in [0.15, 0.2) is 51.0 Å². The molecule has 1 saturated heterocycles. The fourth-order valence-corrected chi connectivity index (χ4v) is 6.67. The molecule has 1 aliphatic heterocycles. The van der Waals surface area contributed by atoms with Crippen LogP contribution in [0, 0.1) is 0 Å². The summed E-state index contributed by atoms with van der Waals surface area (Å²) in [5, 5.41) is 0.636. The maximum absolute atomic E-state index is 13.2. The number of thioether (sulfide) groups is 1. The Morgan fingerprint density at radius 2 is 2.19 bits per heavy atom. The zero-order chi connectivity index (χ0) is 23.0. The standard InChI is InChI=1S/C21H22ClN3O5S2/c1-13(19(26)24(2)15-7-9-32(28,29)12-15)31-21-23-18-10-14(22)5-6-17(18)20(27)25(21)11-16-4-3-8-30-16/h3-6,8,10,13,15H,7,9,11-12H2,1-2H3. The van der Waals surface area contributed by atoms with Crippen LogP contribution in [-0.2, 0) is 21.2 Å². The Balaban J connectivity index is 1.66. The van der Waals surface area contributed by atoms with Crippen molar-refractivity contribution in [3.63, 3.8) is 0 Å². The lowest BCUT2D eigenvalue weighted by atomic mass is 10.2. The summed E-state index contributed by atoms with van der Waals surface area (Å²) in [7, 11) is -1.49. The number of hydrogen-bond donors (Lipinski definition) is 0. The Hall–Kier alpha value is -2.30. The molecule has 170 valence electrons. The van der Waals surface area contributed by atoms with Crippen molar-refractivity contribution in [3.05, 3.63) is 57.7 Å². The molecular weight excluding hydrogens is 474 g/mol. The van der Waals surface area contributed by atoms with E-state index in [1.54, 1.807) is 44.3 Å². The molecule has 0 bridgehead atoms. The third kappa shape index (κ3) is 4.72. The Labute approximate surface area is 194 Å². The van der Waals surface area contributed by atoms with Crippen LogP contribution in [0.2, 0.25) is 5.02 Å². The van der Waals surface area contributed by atoms with Crippen LogP contribution in [-0.4, -0.2) is 58.6 Å².